The van der Waals surface area contributed by atoms with E-state index in [1.165, 1.54) is 30.5 Å². The maximum Gasteiger partial charge on any atom is 0.0540 e. The zero-order valence-electron chi connectivity index (χ0n) is 11.4. The third-order valence-corrected chi connectivity index (χ3v) is 3.86. The van der Waals surface area contributed by atoms with Crippen molar-refractivity contribution < 1.29 is 0 Å². The van der Waals surface area contributed by atoms with Crippen molar-refractivity contribution in [2.45, 2.75) is 38.6 Å². The van der Waals surface area contributed by atoms with Crippen molar-refractivity contribution in [1.82, 2.24) is 15.1 Å². The van der Waals surface area contributed by atoms with Crippen LogP contribution in [0.2, 0.25) is 0 Å². The summed E-state index contributed by atoms with van der Waals surface area (Å²) in [7, 11) is 1.97. The summed E-state index contributed by atoms with van der Waals surface area (Å²) >= 11 is 0. The summed E-state index contributed by atoms with van der Waals surface area (Å²) in [5.41, 5.74) is 9.88. The summed E-state index contributed by atoms with van der Waals surface area (Å²) in [6, 6.07) is 0.223. The molecule has 0 bridgehead atoms. The van der Waals surface area contributed by atoms with Crippen LogP contribution in [-0.4, -0.2) is 22.9 Å². The van der Waals surface area contributed by atoms with Crippen molar-refractivity contribution in [2.75, 3.05) is 13.1 Å². The van der Waals surface area contributed by atoms with Gasteiger partial charge in [-0.3, -0.25) is 4.68 Å². The summed E-state index contributed by atoms with van der Waals surface area (Å²) in [6.45, 7) is 3.71. The lowest BCUT2D eigenvalue weighted by Gasteiger charge is -2.17. The highest BCUT2D eigenvalue weighted by atomic mass is 15.3. The van der Waals surface area contributed by atoms with Gasteiger partial charge in [0.15, 0.2) is 0 Å². The van der Waals surface area contributed by atoms with Crippen molar-refractivity contribution in [3.05, 3.63) is 29.1 Å². The summed E-state index contributed by atoms with van der Waals surface area (Å²) < 4.78 is 1.90. The molecule has 0 saturated carbocycles. The molecule has 0 fully saturated rings. The van der Waals surface area contributed by atoms with Gasteiger partial charge < -0.3 is 11.1 Å². The van der Waals surface area contributed by atoms with Gasteiger partial charge in [0.2, 0.25) is 0 Å². The van der Waals surface area contributed by atoms with Gasteiger partial charge in [-0.15, -0.1) is 0 Å². The monoisotopic (exact) mass is 248 g/mol. The van der Waals surface area contributed by atoms with Crippen molar-refractivity contribution in [3.63, 3.8) is 0 Å². The number of nitrogens with one attached hydrogen (secondary N) is 1. The second-order valence-electron chi connectivity index (χ2n) is 5.06. The minimum Gasteiger partial charge on any atom is -0.329 e. The van der Waals surface area contributed by atoms with Crippen LogP contribution in [0.3, 0.4) is 0 Å². The van der Waals surface area contributed by atoms with E-state index in [9.17, 15) is 0 Å². The number of hydrogen-bond donors (Lipinski definition) is 2. The van der Waals surface area contributed by atoms with Crippen molar-refractivity contribution >= 4 is 0 Å². The zero-order chi connectivity index (χ0) is 13.0. The third kappa shape index (κ3) is 3.00. The average Bonchev–Trinajstić information content (AvgIpc) is 2.98. The zero-order valence-corrected chi connectivity index (χ0v) is 11.4. The van der Waals surface area contributed by atoms with Crippen LogP contribution in [0.5, 0.6) is 0 Å². The molecule has 1 heterocycles. The van der Waals surface area contributed by atoms with Gasteiger partial charge in [-0.25, -0.2) is 0 Å². The molecule has 1 aromatic rings. The van der Waals surface area contributed by atoms with E-state index in [0.717, 1.165) is 13.0 Å². The van der Waals surface area contributed by atoms with Crippen LogP contribution < -0.4 is 11.1 Å². The van der Waals surface area contributed by atoms with E-state index in [1.807, 2.05) is 17.9 Å². The number of aryl methyl sites for hydroxylation is 1. The average molecular weight is 248 g/mol. The van der Waals surface area contributed by atoms with Crippen molar-refractivity contribution in [3.8, 4) is 0 Å². The van der Waals surface area contributed by atoms with E-state index in [4.69, 9.17) is 5.73 Å². The normalized spacial score (nSPS) is 16.9. The van der Waals surface area contributed by atoms with Gasteiger partial charge in [0.25, 0.3) is 0 Å². The lowest BCUT2D eigenvalue weighted by atomic mass is 10.1. The Labute approximate surface area is 109 Å². The fourth-order valence-corrected chi connectivity index (χ4v) is 2.55. The van der Waals surface area contributed by atoms with Crippen LogP contribution in [0.4, 0.5) is 0 Å². The van der Waals surface area contributed by atoms with E-state index in [0.29, 0.717) is 6.54 Å². The number of nitrogens with zero attached hydrogens (tertiary/aromatic N) is 2. The molecule has 1 unspecified atom stereocenters. The highest BCUT2D eigenvalue weighted by molar-refractivity contribution is 5.21. The Hall–Kier alpha value is -1.13. The number of allylic oxidation sites excluding steroid dienone is 1. The molecule has 1 atom stereocenters. The molecular formula is C14H24N4. The van der Waals surface area contributed by atoms with Crippen molar-refractivity contribution in [1.29, 1.82) is 0 Å². The molecule has 1 aromatic heterocycles. The van der Waals surface area contributed by atoms with Crippen LogP contribution >= 0.6 is 0 Å². The lowest BCUT2D eigenvalue weighted by molar-refractivity contribution is 0.539. The first kappa shape index (κ1) is 13.3. The molecule has 18 heavy (non-hydrogen) atoms. The highest BCUT2D eigenvalue weighted by Gasteiger charge is 2.14. The first-order valence-electron chi connectivity index (χ1n) is 6.82. The van der Waals surface area contributed by atoms with Crippen LogP contribution in [0, 0.1) is 6.92 Å². The molecular weight excluding hydrogens is 224 g/mol. The lowest BCUT2D eigenvalue weighted by Crippen LogP contribution is -2.29. The highest BCUT2D eigenvalue weighted by Crippen LogP contribution is 2.21. The Kier molecular flexibility index (Phi) is 4.55. The molecule has 1 aliphatic carbocycles. The molecule has 4 heteroatoms. The maximum absolute atomic E-state index is 5.86. The summed E-state index contributed by atoms with van der Waals surface area (Å²) in [4.78, 5) is 0. The quantitative estimate of drug-likeness (QED) is 0.755. The van der Waals surface area contributed by atoms with Crippen LogP contribution in [-0.2, 0) is 7.05 Å². The fraction of sp³-hybridized carbons (Fsp3) is 0.643. The third-order valence-electron chi connectivity index (χ3n) is 3.86. The summed E-state index contributed by atoms with van der Waals surface area (Å²) in [5, 5.41) is 7.83. The predicted molar refractivity (Wildman–Crippen MR) is 74.3 cm³/mol. The minimum atomic E-state index is 0.223. The Bertz CT molecular complexity index is 419. The van der Waals surface area contributed by atoms with E-state index < -0.39 is 0 Å². The molecule has 3 N–H and O–H groups in total. The second-order valence-corrected chi connectivity index (χ2v) is 5.06. The van der Waals surface area contributed by atoms with E-state index in [1.54, 1.807) is 5.57 Å². The Morgan fingerprint density at radius 2 is 2.39 bits per heavy atom. The fourth-order valence-electron chi connectivity index (χ4n) is 2.55. The molecule has 0 aliphatic heterocycles. The van der Waals surface area contributed by atoms with Crippen molar-refractivity contribution in [2.24, 2.45) is 12.8 Å². The molecule has 100 valence electrons. The van der Waals surface area contributed by atoms with E-state index in [2.05, 4.69) is 23.4 Å². The minimum absolute atomic E-state index is 0.223. The Balaban J connectivity index is 1.87. The summed E-state index contributed by atoms with van der Waals surface area (Å²) in [5.74, 6) is 0. The number of rotatable bonds is 6. The van der Waals surface area contributed by atoms with Gasteiger partial charge in [-0.1, -0.05) is 11.6 Å². The SMILES string of the molecule is Cc1c(C(CN)NCCC2=CCCC2)cnn1C. The molecule has 0 amide bonds. The van der Waals surface area contributed by atoms with Crippen LogP contribution in [0.15, 0.2) is 17.8 Å². The molecule has 2 rings (SSSR count). The van der Waals surface area contributed by atoms with Gasteiger partial charge in [-0.05, 0) is 39.2 Å². The van der Waals surface area contributed by atoms with E-state index >= 15 is 0 Å². The predicted octanol–water partition coefficient (Wildman–Crippen LogP) is 1.82. The molecule has 0 saturated heterocycles. The van der Waals surface area contributed by atoms with Gasteiger partial charge in [0, 0.05) is 30.9 Å². The molecule has 1 aliphatic rings. The molecule has 0 spiro atoms. The van der Waals surface area contributed by atoms with Gasteiger partial charge in [-0.2, -0.15) is 5.10 Å². The van der Waals surface area contributed by atoms with Crippen LogP contribution in [0.25, 0.3) is 0 Å². The first-order chi connectivity index (χ1) is 8.72. The summed E-state index contributed by atoms with van der Waals surface area (Å²) in [6.07, 6.45) is 9.33. The first-order valence-corrected chi connectivity index (χ1v) is 6.82. The molecule has 4 nitrogen and oxygen atoms in total. The number of aromatic nitrogens is 2. The van der Waals surface area contributed by atoms with Gasteiger partial charge in [0.1, 0.15) is 0 Å². The number of hydrogen-bond acceptors (Lipinski definition) is 3. The van der Waals surface area contributed by atoms with Gasteiger partial charge in [0.05, 0.1) is 6.20 Å². The molecule has 0 radical (unpaired) electrons. The topological polar surface area (TPSA) is 55.9 Å². The second kappa shape index (κ2) is 6.16. The smallest absolute Gasteiger partial charge is 0.0540 e. The molecule has 0 aromatic carbocycles. The maximum atomic E-state index is 5.86. The Morgan fingerprint density at radius 1 is 1.56 bits per heavy atom. The largest absolute Gasteiger partial charge is 0.329 e. The van der Waals surface area contributed by atoms with Crippen LogP contribution in [0.1, 0.15) is 43.0 Å². The number of nitrogens with two attached hydrogens (primary N) is 1. The Morgan fingerprint density at radius 3 is 2.94 bits per heavy atom. The standard InChI is InChI=1S/C14H24N4/c1-11-13(10-17-18(11)2)14(9-15)16-8-7-12-5-3-4-6-12/h5,10,14,16H,3-4,6-9,15H2,1-2H3. The van der Waals surface area contributed by atoms with Gasteiger partial charge >= 0.3 is 0 Å². The van der Waals surface area contributed by atoms with E-state index in [-0.39, 0.29) is 6.04 Å².